The number of nitrogens with zero attached hydrogens (tertiary/aromatic N) is 3. The van der Waals surface area contributed by atoms with Gasteiger partial charge in [0.25, 0.3) is 0 Å². The maximum Gasteiger partial charge on any atom is 0.362 e. The number of aliphatic hydroxyl groups excluding tert-OH is 1. The molecule has 3 aromatic carbocycles. The molecule has 54 heavy (non-hydrogen) atoms. The monoisotopic (exact) mass is 706 g/mol. The fourth-order valence-corrected chi connectivity index (χ4v) is 6.78. The van der Waals surface area contributed by atoms with Crippen LogP contribution in [0.5, 0.6) is 0 Å². The van der Waals surface area contributed by atoms with Crippen molar-refractivity contribution >= 4 is 58.4 Å². The largest absolute Gasteiger partial charge is 0.505 e. The van der Waals surface area contributed by atoms with E-state index in [2.05, 4.69) is 69.7 Å². The van der Waals surface area contributed by atoms with Crippen LogP contribution in [0.2, 0.25) is 0 Å². The average Bonchev–Trinajstić information content (AvgIpc) is 4.04. The summed E-state index contributed by atoms with van der Waals surface area (Å²) in [4.78, 5) is 30.3. The maximum absolute atomic E-state index is 12.5. The summed E-state index contributed by atoms with van der Waals surface area (Å²) in [6.07, 6.45) is 11.0. The molecule has 0 unspecified atom stereocenters. The van der Waals surface area contributed by atoms with Gasteiger partial charge in [-0.25, -0.2) is 20.3 Å². The van der Waals surface area contributed by atoms with Crippen LogP contribution >= 0.6 is 0 Å². The summed E-state index contributed by atoms with van der Waals surface area (Å²) in [7, 11) is 0. The Balaban J connectivity index is 1.51. The number of benzene rings is 3. The summed E-state index contributed by atoms with van der Waals surface area (Å²) in [5.74, 6) is -1.40. The summed E-state index contributed by atoms with van der Waals surface area (Å²) >= 11 is 0. The van der Waals surface area contributed by atoms with Gasteiger partial charge in [-0.05, 0) is 84.3 Å². The molecule has 0 fully saturated rings. The number of carbonyl (C=O) groups excluding carboxylic acids is 1. The number of hydrogen-bond donors (Lipinski definition) is 4. The zero-order chi connectivity index (χ0) is 37.0. The number of aliphatic hydroxyl groups is 1. The smallest absolute Gasteiger partial charge is 0.362 e. The van der Waals surface area contributed by atoms with Gasteiger partial charge < -0.3 is 19.8 Å². The lowest BCUT2D eigenvalue weighted by molar-refractivity contribution is -0.138. The zero-order valence-corrected chi connectivity index (χ0v) is 29.2. The SMILES string of the molecule is CCOC(=O)/C(N=N)=C(O)\C=C\c1c2nc(c(-c3ccccc3)c3ccc([nH]3)c(-c3ccccc3)c3nc(c(-c4ccccc4)c4ccc1[nH]4)C=C3)C=C2. The second-order valence-electron chi connectivity index (χ2n) is 12.5. The van der Waals surface area contributed by atoms with E-state index in [-0.39, 0.29) is 6.61 Å². The van der Waals surface area contributed by atoms with E-state index in [1.807, 2.05) is 85.0 Å². The Kier molecular flexibility index (Phi) is 9.18. The van der Waals surface area contributed by atoms with Crippen LogP contribution in [0.15, 0.2) is 138 Å². The minimum absolute atomic E-state index is 0.0752. The molecule has 9 nitrogen and oxygen atoms in total. The van der Waals surface area contributed by atoms with Gasteiger partial charge >= 0.3 is 5.97 Å². The minimum Gasteiger partial charge on any atom is -0.505 e. The van der Waals surface area contributed by atoms with Crippen LogP contribution in [0.25, 0.3) is 85.8 Å². The number of rotatable bonds is 8. The molecule has 0 aliphatic carbocycles. The molecule has 9 heteroatoms. The lowest BCUT2D eigenvalue weighted by atomic mass is 10.0. The van der Waals surface area contributed by atoms with Crippen molar-refractivity contribution in [2.75, 3.05) is 6.61 Å². The molecule has 5 heterocycles. The molecule has 8 rings (SSSR count). The number of nitrogens with one attached hydrogen (secondary N) is 3. The molecule has 0 saturated heterocycles. The summed E-state index contributed by atoms with van der Waals surface area (Å²) in [5, 5.41) is 14.2. The van der Waals surface area contributed by atoms with Crippen LogP contribution in [0.1, 0.15) is 35.3 Å². The van der Waals surface area contributed by atoms with Crippen LogP contribution in [0.4, 0.5) is 0 Å². The number of allylic oxidation sites excluding steroid dienone is 1. The van der Waals surface area contributed by atoms with E-state index in [4.69, 9.17) is 20.2 Å². The molecule has 3 aromatic heterocycles. The van der Waals surface area contributed by atoms with Crippen molar-refractivity contribution in [3.05, 3.63) is 161 Å². The molecule has 4 N–H and O–H groups in total. The Labute approximate surface area is 310 Å². The number of aromatic amines is 2. The van der Waals surface area contributed by atoms with Crippen LogP contribution < -0.4 is 0 Å². The fraction of sp³-hybridized carbons (Fsp3) is 0.0444. The quantitative estimate of drug-likeness (QED) is 0.0409. The summed E-state index contributed by atoms with van der Waals surface area (Å²) in [6.45, 7) is 1.72. The number of aromatic nitrogens is 4. The minimum atomic E-state index is -0.891. The number of carbonyl (C=O) groups is 1. The number of ether oxygens (including phenoxy) is 1. The lowest BCUT2D eigenvalue weighted by Crippen LogP contribution is -2.07. The third-order valence-electron chi connectivity index (χ3n) is 9.21. The van der Waals surface area contributed by atoms with Gasteiger partial charge in [0.15, 0.2) is 5.76 Å². The number of H-pyrrole nitrogens is 2. The Morgan fingerprint density at radius 1 is 0.648 bits per heavy atom. The first-order chi connectivity index (χ1) is 26.5. The summed E-state index contributed by atoms with van der Waals surface area (Å²) < 4.78 is 5.00. The van der Waals surface area contributed by atoms with E-state index in [1.54, 1.807) is 13.0 Å². The molecule has 262 valence electrons. The highest BCUT2D eigenvalue weighted by Gasteiger charge is 2.19. The van der Waals surface area contributed by atoms with Crippen LogP contribution in [-0.2, 0) is 9.53 Å². The second kappa shape index (κ2) is 14.7. The van der Waals surface area contributed by atoms with Gasteiger partial charge in [-0.2, -0.15) is 0 Å². The van der Waals surface area contributed by atoms with E-state index < -0.39 is 17.4 Å². The van der Waals surface area contributed by atoms with E-state index in [0.29, 0.717) is 16.8 Å². The highest BCUT2D eigenvalue weighted by molar-refractivity contribution is 5.98. The Morgan fingerprint density at radius 2 is 1.06 bits per heavy atom. The molecule has 0 radical (unpaired) electrons. The van der Waals surface area contributed by atoms with E-state index >= 15 is 0 Å². The van der Waals surface area contributed by atoms with Crippen molar-refractivity contribution < 1.29 is 14.6 Å². The first kappa shape index (κ1) is 33.7. The van der Waals surface area contributed by atoms with Gasteiger partial charge in [0.2, 0.25) is 5.70 Å². The third kappa shape index (κ3) is 6.46. The van der Waals surface area contributed by atoms with Crippen molar-refractivity contribution in [3.63, 3.8) is 0 Å². The normalized spacial score (nSPS) is 12.5. The Bertz CT molecular complexity index is 2670. The van der Waals surface area contributed by atoms with Crippen molar-refractivity contribution in [1.82, 2.24) is 19.9 Å². The third-order valence-corrected chi connectivity index (χ3v) is 9.21. The van der Waals surface area contributed by atoms with E-state index in [1.165, 1.54) is 6.08 Å². The number of fused-ring (bicyclic) bond motifs is 8. The second-order valence-corrected chi connectivity index (χ2v) is 12.5. The maximum atomic E-state index is 12.5. The summed E-state index contributed by atoms with van der Waals surface area (Å²) in [5.41, 5.74) is 19.7. The molecule has 2 aliphatic heterocycles. The molecular weight excluding hydrogens is 673 g/mol. The van der Waals surface area contributed by atoms with Gasteiger partial charge in [0, 0.05) is 44.3 Å². The zero-order valence-electron chi connectivity index (χ0n) is 29.2. The molecule has 6 aromatic rings. The first-order valence-electron chi connectivity index (χ1n) is 17.5. The Morgan fingerprint density at radius 3 is 1.50 bits per heavy atom. The highest BCUT2D eigenvalue weighted by atomic mass is 16.5. The number of esters is 1. The highest BCUT2D eigenvalue weighted by Crippen LogP contribution is 2.36. The molecule has 8 bridgehead atoms. The van der Waals surface area contributed by atoms with Crippen LogP contribution in [-0.4, -0.2) is 37.6 Å². The Hall–Kier alpha value is -7.39. The predicted octanol–water partition coefficient (Wildman–Crippen LogP) is 11.0. The topological polar surface area (TPSA) is 140 Å². The van der Waals surface area contributed by atoms with E-state index in [0.717, 1.165) is 67.0 Å². The number of hydrogen-bond acceptors (Lipinski definition) is 7. The van der Waals surface area contributed by atoms with Gasteiger partial charge in [0.1, 0.15) is 0 Å². The molecule has 0 spiro atoms. The molecule has 2 aliphatic rings. The molecule has 0 atom stereocenters. The molecular formula is C45H34N6O3. The van der Waals surface area contributed by atoms with Crippen molar-refractivity contribution in [2.24, 2.45) is 5.11 Å². The lowest BCUT2D eigenvalue weighted by Gasteiger charge is -2.06. The van der Waals surface area contributed by atoms with E-state index in [9.17, 15) is 9.90 Å². The predicted molar refractivity (Wildman–Crippen MR) is 216 cm³/mol. The average molecular weight is 707 g/mol. The van der Waals surface area contributed by atoms with Gasteiger partial charge in [0.05, 0.1) is 29.4 Å². The first-order valence-corrected chi connectivity index (χ1v) is 17.5. The van der Waals surface area contributed by atoms with Crippen molar-refractivity contribution in [1.29, 1.82) is 5.53 Å². The van der Waals surface area contributed by atoms with Gasteiger partial charge in [-0.3, -0.25) is 0 Å². The van der Waals surface area contributed by atoms with Crippen LogP contribution in [0.3, 0.4) is 0 Å². The van der Waals surface area contributed by atoms with Crippen molar-refractivity contribution in [2.45, 2.75) is 6.92 Å². The summed E-state index contributed by atoms with van der Waals surface area (Å²) in [6, 6.07) is 38.6. The molecule has 0 saturated carbocycles. The van der Waals surface area contributed by atoms with Gasteiger partial charge in [-0.1, -0.05) is 91.0 Å². The van der Waals surface area contributed by atoms with Crippen molar-refractivity contribution in [3.8, 4) is 33.4 Å². The standard InChI is InChI=1S/C45H34N6O3/c1-2-54-45(53)44(51-46)40(52)27-18-31-32-19-21-34(47-32)41(28-12-6-3-7-13-28)36-23-25-38(49-36)43(30-16-10-5-11-17-30)39-26-24-37(50-39)42(29-14-8-4-9-15-29)35-22-20-33(31)48-35/h3-27,46-47,50,52H,2H2,1H3/b27-18+,32-31?,33-31?,41-34?,41-36?,42-35?,42-37?,43-38?,43-39?,44-40-,51-46?. The molecule has 0 amide bonds. The van der Waals surface area contributed by atoms with Crippen LogP contribution in [0, 0.1) is 5.53 Å². The fourth-order valence-electron chi connectivity index (χ4n) is 6.78. The van der Waals surface area contributed by atoms with Gasteiger partial charge in [-0.15, -0.1) is 5.11 Å².